The zero-order valence-corrected chi connectivity index (χ0v) is 15.1. The van der Waals surface area contributed by atoms with Crippen LogP contribution in [0.1, 0.15) is 50.7 Å². The molecule has 3 atom stereocenters. The summed E-state index contributed by atoms with van der Waals surface area (Å²) in [6.45, 7) is 6.59. The van der Waals surface area contributed by atoms with E-state index in [2.05, 4.69) is 19.2 Å². The molecular formula is C20H27NO4. The highest BCUT2D eigenvalue weighted by atomic mass is 16.4. The second-order valence-corrected chi connectivity index (χ2v) is 7.35. The van der Waals surface area contributed by atoms with E-state index in [1.54, 1.807) is 0 Å². The van der Waals surface area contributed by atoms with Crippen molar-refractivity contribution in [2.24, 2.45) is 17.8 Å². The van der Waals surface area contributed by atoms with Gasteiger partial charge in [-0.15, -0.1) is 0 Å². The van der Waals surface area contributed by atoms with E-state index in [0.717, 1.165) is 12.0 Å². The van der Waals surface area contributed by atoms with Crippen LogP contribution in [0.4, 0.5) is 0 Å². The topological polar surface area (TPSA) is 83.5 Å². The Labute approximate surface area is 148 Å². The number of carbonyl (C=O) groups is 3. The largest absolute Gasteiger partial charge is 0.481 e. The first-order chi connectivity index (χ1) is 11.8. The third-order valence-corrected chi connectivity index (χ3v) is 4.89. The van der Waals surface area contributed by atoms with Crippen molar-refractivity contribution in [2.75, 3.05) is 6.54 Å². The molecule has 0 aromatic heterocycles. The molecule has 1 heterocycles. The molecule has 1 aliphatic heterocycles. The molecule has 1 aromatic carbocycles. The highest BCUT2D eigenvalue weighted by Crippen LogP contribution is 2.30. The highest BCUT2D eigenvalue weighted by molar-refractivity contribution is 5.94. The predicted molar refractivity (Wildman–Crippen MR) is 95.3 cm³/mol. The molecule has 0 spiro atoms. The number of carbonyl (C=O) groups excluding carboxylic acids is 2. The second-order valence-electron chi connectivity index (χ2n) is 7.35. The van der Waals surface area contributed by atoms with Crippen molar-refractivity contribution in [1.82, 2.24) is 5.32 Å². The summed E-state index contributed by atoms with van der Waals surface area (Å²) in [4.78, 5) is 36.0. The van der Waals surface area contributed by atoms with Crippen molar-refractivity contribution in [3.05, 3.63) is 35.4 Å². The molecule has 3 unspecified atom stereocenters. The summed E-state index contributed by atoms with van der Waals surface area (Å²) < 4.78 is 0. The summed E-state index contributed by atoms with van der Waals surface area (Å²) in [5, 5.41) is 11.7. The van der Waals surface area contributed by atoms with E-state index in [-0.39, 0.29) is 24.0 Å². The molecule has 5 heteroatoms. The number of aliphatic carboxylic acids is 1. The molecule has 2 rings (SSSR count). The Bertz CT molecular complexity index is 636. The molecule has 1 amide bonds. The maximum absolute atomic E-state index is 12.9. The Hall–Kier alpha value is -2.17. The average molecular weight is 345 g/mol. The molecule has 1 aliphatic rings. The normalized spacial score (nSPS) is 21.7. The fraction of sp³-hybridized carbons (Fsp3) is 0.550. The Morgan fingerprint density at radius 2 is 1.84 bits per heavy atom. The number of carboxylic acids is 1. The minimum Gasteiger partial charge on any atom is -0.481 e. The lowest BCUT2D eigenvalue weighted by Crippen LogP contribution is -2.46. The summed E-state index contributed by atoms with van der Waals surface area (Å²) in [6.07, 6.45) is 1.19. The lowest BCUT2D eigenvalue weighted by Gasteiger charge is -2.31. The molecule has 136 valence electrons. The van der Waals surface area contributed by atoms with Gasteiger partial charge in [0.2, 0.25) is 5.91 Å². The van der Waals surface area contributed by atoms with Crippen LogP contribution in [-0.4, -0.2) is 29.3 Å². The van der Waals surface area contributed by atoms with Crippen LogP contribution < -0.4 is 5.32 Å². The van der Waals surface area contributed by atoms with Crippen LogP contribution in [0, 0.1) is 17.8 Å². The molecule has 1 fully saturated rings. The molecule has 0 aliphatic carbocycles. The molecular weight excluding hydrogens is 318 g/mol. The Balaban J connectivity index is 2.14. The van der Waals surface area contributed by atoms with Crippen molar-refractivity contribution in [2.45, 2.75) is 46.0 Å². The van der Waals surface area contributed by atoms with Crippen LogP contribution in [0.2, 0.25) is 0 Å². The van der Waals surface area contributed by atoms with Crippen LogP contribution in [0.15, 0.2) is 24.3 Å². The van der Waals surface area contributed by atoms with Crippen molar-refractivity contribution in [3.8, 4) is 0 Å². The van der Waals surface area contributed by atoms with Gasteiger partial charge in [0.25, 0.3) is 0 Å². The summed E-state index contributed by atoms with van der Waals surface area (Å²) in [7, 11) is 0. The first-order valence-corrected chi connectivity index (χ1v) is 8.91. The zero-order chi connectivity index (χ0) is 18.6. The quantitative estimate of drug-likeness (QED) is 0.796. The van der Waals surface area contributed by atoms with E-state index < -0.39 is 17.8 Å². The maximum atomic E-state index is 12.9. The number of nitrogens with one attached hydrogen (secondary N) is 1. The summed E-state index contributed by atoms with van der Waals surface area (Å²) >= 11 is 0. The van der Waals surface area contributed by atoms with E-state index in [0.29, 0.717) is 18.9 Å². The number of ketones is 1. The van der Waals surface area contributed by atoms with Gasteiger partial charge in [-0.05, 0) is 29.9 Å². The molecule has 25 heavy (non-hydrogen) atoms. The van der Waals surface area contributed by atoms with Gasteiger partial charge >= 0.3 is 5.97 Å². The molecule has 0 saturated carbocycles. The van der Waals surface area contributed by atoms with Crippen molar-refractivity contribution >= 4 is 17.7 Å². The van der Waals surface area contributed by atoms with E-state index >= 15 is 0 Å². The number of amides is 1. The molecule has 1 aromatic rings. The first kappa shape index (κ1) is 19.2. The maximum Gasteiger partial charge on any atom is 0.304 e. The van der Waals surface area contributed by atoms with Crippen LogP contribution in [0.5, 0.6) is 0 Å². The van der Waals surface area contributed by atoms with Gasteiger partial charge in [0.1, 0.15) is 5.78 Å². The van der Waals surface area contributed by atoms with E-state index in [4.69, 9.17) is 5.11 Å². The van der Waals surface area contributed by atoms with Gasteiger partial charge in [-0.1, -0.05) is 45.0 Å². The van der Waals surface area contributed by atoms with Crippen molar-refractivity contribution < 1.29 is 19.5 Å². The molecule has 0 bridgehead atoms. The lowest BCUT2D eigenvalue weighted by molar-refractivity contribution is -0.145. The molecule has 5 nitrogen and oxygen atoms in total. The zero-order valence-electron chi connectivity index (χ0n) is 15.1. The summed E-state index contributed by atoms with van der Waals surface area (Å²) in [5.74, 6) is -2.51. The molecule has 2 N–H and O–H groups in total. The van der Waals surface area contributed by atoms with Gasteiger partial charge < -0.3 is 10.4 Å². The number of carboxylic acid groups (broad SMARTS) is 1. The minimum atomic E-state index is -1.05. The monoisotopic (exact) mass is 345 g/mol. The molecule has 1 saturated heterocycles. The standard InChI is InChI=1S/C20H27NO4/c1-12(2)10-14-4-6-15(7-5-14)13(3)19(24)16-8-9-21-20(25)17(16)11-18(22)23/h4-7,12-13,16-17H,8-11H2,1-3H3,(H,21,25)(H,22,23). The van der Waals surface area contributed by atoms with Crippen LogP contribution in [0.3, 0.4) is 0 Å². The predicted octanol–water partition coefficient (Wildman–Crippen LogP) is 2.78. The van der Waals surface area contributed by atoms with Gasteiger partial charge in [-0.2, -0.15) is 0 Å². The highest BCUT2D eigenvalue weighted by Gasteiger charge is 2.39. The third-order valence-electron chi connectivity index (χ3n) is 4.89. The van der Waals surface area contributed by atoms with Crippen LogP contribution >= 0.6 is 0 Å². The van der Waals surface area contributed by atoms with Gasteiger partial charge in [-0.25, -0.2) is 0 Å². The minimum absolute atomic E-state index is 0.0438. The lowest BCUT2D eigenvalue weighted by atomic mass is 9.76. The van der Waals surface area contributed by atoms with E-state index in [1.807, 2.05) is 31.2 Å². The SMILES string of the molecule is CC(C)Cc1ccc(C(C)C(=O)C2CCNC(=O)C2CC(=O)O)cc1. The Morgan fingerprint density at radius 1 is 1.20 bits per heavy atom. The van der Waals surface area contributed by atoms with Gasteiger partial charge in [0.05, 0.1) is 12.3 Å². The number of hydrogen-bond donors (Lipinski definition) is 2. The number of piperidine rings is 1. The average Bonchev–Trinajstić information content (AvgIpc) is 2.55. The van der Waals surface area contributed by atoms with Crippen LogP contribution in [0.25, 0.3) is 0 Å². The number of Topliss-reactive ketones (excluding diaryl/α,β-unsaturated/α-hetero) is 1. The van der Waals surface area contributed by atoms with Crippen molar-refractivity contribution in [1.29, 1.82) is 0 Å². The number of benzene rings is 1. The number of hydrogen-bond acceptors (Lipinski definition) is 3. The van der Waals surface area contributed by atoms with Gasteiger partial charge in [-0.3, -0.25) is 14.4 Å². The fourth-order valence-electron chi connectivity index (χ4n) is 3.53. The number of rotatable bonds is 7. The smallest absolute Gasteiger partial charge is 0.304 e. The van der Waals surface area contributed by atoms with Gasteiger partial charge in [0, 0.05) is 18.4 Å². The summed E-state index contributed by atoms with van der Waals surface area (Å²) in [5.41, 5.74) is 2.15. The summed E-state index contributed by atoms with van der Waals surface area (Å²) in [6, 6.07) is 8.02. The van der Waals surface area contributed by atoms with Crippen molar-refractivity contribution in [3.63, 3.8) is 0 Å². The first-order valence-electron chi connectivity index (χ1n) is 8.91. The molecule has 0 radical (unpaired) electrons. The fourth-order valence-corrected chi connectivity index (χ4v) is 3.53. The van der Waals surface area contributed by atoms with Gasteiger partial charge in [0.15, 0.2) is 0 Å². The Morgan fingerprint density at radius 3 is 2.40 bits per heavy atom. The second kappa shape index (κ2) is 8.28. The van der Waals surface area contributed by atoms with E-state index in [9.17, 15) is 14.4 Å². The Kier molecular flexibility index (Phi) is 6.34. The van der Waals surface area contributed by atoms with Crippen LogP contribution in [-0.2, 0) is 20.8 Å². The van der Waals surface area contributed by atoms with E-state index in [1.165, 1.54) is 5.56 Å². The third kappa shape index (κ3) is 4.91.